The number of nitrogens with one attached hydrogen (secondary N) is 1. The van der Waals surface area contributed by atoms with E-state index in [2.05, 4.69) is 26.9 Å². The molecule has 1 amide bonds. The van der Waals surface area contributed by atoms with Crippen molar-refractivity contribution in [1.29, 1.82) is 0 Å². The van der Waals surface area contributed by atoms with Gasteiger partial charge in [0.15, 0.2) is 17.7 Å². The second kappa shape index (κ2) is 3.74. The summed E-state index contributed by atoms with van der Waals surface area (Å²) in [7, 11) is 0. The zero-order valence-corrected chi connectivity index (χ0v) is 9.01. The van der Waals surface area contributed by atoms with E-state index in [9.17, 15) is 4.79 Å². The summed E-state index contributed by atoms with van der Waals surface area (Å²) in [5.74, 6) is 0.673. The van der Waals surface area contributed by atoms with Crippen molar-refractivity contribution in [3.8, 4) is 0 Å². The highest BCUT2D eigenvalue weighted by Crippen LogP contribution is 2.24. The number of morpholine rings is 1. The van der Waals surface area contributed by atoms with Gasteiger partial charge in [0.2, 0.25) is 0 Å². The molecule has 0 aromatic carbocycles. The van der Waals surface area contributed by atoms with Gasteiger partial charge in [-0.3, -0.25) is 4.79 Å². The molecule has 2 aliphatic rings. The third kappa shape index (κ3) is 1.72. The van der Waals surface area contributed by atoms with Crippen LogP contribution in [0.15, 0.2) is 23.5 Å². The van der Waals surface area contributed by atoms with Crippen molar-refractivity contribution in [3.05, 3.63) is 29.9 Å². The topological polar surface area (TPSA) is 76.5 Å². The molecule has 1 unspecified atom stereocenters. The number of ether oxygens (including phenoxy) is 1. The summed E-state index contributed by atoms with van der Waals surface area (Å²) in [5, 5.41) is 2.62. The Morgan fingerprint density at radius 3 is 3.24 bits per heavy atom. The summed E-state index contributed by atoms with van der Waals surface area (Å²) in [6.07, 6.45) is 3.42. The minimum Gasteiger partial charge on any atom is -0.354 e. The van der Waals surface area contributed by atoms with Crippen LogP contribution in [0.25, 0.3) is 0 Å². The quantitative estimate of drug-likeness (QED) is 0.759. The fourth-order valence-electron chi connectivity index (χ4n) is 1.75. The molecule has 17 heavy (non-hydrogen) atoms. The van der Waals surface area contributed by atoms with Gasteiger partial charge in [-0.2, -0.15) is 0 Å². The van der Waals surface area contributed by atoms with Crippen molar-refractivity contribution in [1.82, 2.24) is 15.3 Å². The minimum atomic E-state index is -0.776. The van der Waals surface area contributed by atoms with E-state index in [0.29, 0.717) is 17.3 Å². The highest BCUT2D eigenvalue weighted by Gasteiger charge is 2.29. The second-order valence-electron chi connectivity index (χ2n) is 3.88. The molecule has 1 atom stereocenters. The van der Waals surface area contributed by atoms with E-state index in [1.165, 1.54) is 0 Å². The first-order valence-electron chi connectivity index (χ1n) is 5.22. The Bertz CT molecular complexity index is 538. The average Bonchev–Trinajstić information content (AvgIpc) is 2.75. The van der Waals surface area contributed by atoms with Gasteiger partial charge >= 0.3 is 0 Å². The minimum absolute atomic E-state index is 0.278. The van der Waals surface area contributed by atoms with Crippen LogP contribution in [0.1, 0.15) is 17.5 Å². The maximum Gasteiger partial charge on any atom is 0.261 e. The maximum absolute atomic E-state index is 11.7. The van der Waals surface area contributed by atoms with Crippen LogP contribution in [-0.4, -0.2) is 28.7 Å². The molecule has 0 radical (unpaired) electrons. The maximum atomic E-state index is 11.7. The van der Waals surface area contributed by atoms with E-state index < -0.39 is 6.10 Å². The van der Waals surface area contributed by atoms with Crippen LogP contribution >= 0.6 is 0 Å². The Labute approximate surface area is 97.4 Å². The number of fused-ring (bicyclic) bond motifs is 1. The monoisotopic (exact) mass is 230 g/mol. The Hall–Kier alpha value is -2.08. The van der Waals surface area contributed by atoms with Crippen molar-refractivity contribution >= 4 is 17.9 Å². The largest absolute Gasteiger partial charge is 0.354 e. The van der Waals surface area contributed by atoms with Crippen molar-refractivity contribution in [2.24, 2.45) is 4.99 Å². The van der Waals surface area contributed by atoms with Gasteiger partial charge in [0, 0.05) is 30.1 Å². The highest BCUT2D eigenvalue weighted by molar-refractivity contribution is 5.84. The van der Waals surface area contributed by atoms with Crippen LogP contribution in [0, 0.1) is 0 Å². The molecule has 1 N–H and O–H groups in total. The van der Waals surface area contributed by atoms with Crippen LogP contribution < -0.4 is 5.32 Å². The number of aromatic nitrogens is 2. The summed E-state index contributed by atoms with van der Waals surface area (Å²) in [6, 6.07) is 0. The first-order valence-corrected chi connectivity index (χ1v) is 5.22. The van der Waals surface area contributed by atoms with E-state index in [1.807, 2.05) is 0 Å². The second-order valence-corrected chi connectivity index (χ2v) is 3.88. The predicted molar refractivity (Wildman–Crippen MR) is 59.9 cm³/mol. The van der Waals surface area contributed by atoms with Crippen molar-refractivity contribution in [2.45, 2.75) is 12.5 Å². The van der Waals surface area contributed by atoms with Crippen molar-refractivity contribution in [3.63, 3.8) is 0 Å². The number of hydrogen-bond acceptors (Lipinski definition) is 5. The first kappa shape index (κ1) is 10.1. The van der Waals surface area contributed by atoms with E-state index in [-0.39, 0.29) is 12.5 Å². The number of hydrogen-bond donors (Lipinski definition) is 1. The molecule has 0 bridgehead atoms. The van der Waals surface area contributed by atoms with E-state index in [1.54, 1.807) is 12.4 Å². The van der Waals surface area contributed by atoms with Gasteiger partial charge in [-0.1, -0.05) is 6.58 Å². The van der Waals surface area contributed by atoms with E-state index in [0.717, 1.165) is 12.0 Å². The van der Waals surface area contributed by atoms with Gasteiger partial charge in [0.25, 0.3) is 5.91 Å². The van der Waals surface area contributed by atoms with Gasteiger partial charge in [-0.25, -0.2) is 15.0 Å². The lowest BCUT2D eigenvalue weighted by molar-refractivity contribution is -0.136. The Kier molecular flexibility index (Phi) is 2.22. The fraction of sp³-hybridized carbons (Fsp3) is 0.273. The standard InChI is InChI=1S/C11H10N4O2/c1-6-5-17-8(11(16)14-6)10-13-4-7-2-3-12-9(7)15-10/h3-4,8H,1-2,5H2,(H,14,16). The Morgan fingerprint density at radius 1 is 1.53 bits per heavy atom. The van der Waals surface area contributed by atoms with E-state index >= 15 is 0 Å². The molecular weight excluding hydrogens is 220 g/mol. The molecule has 0 aliphatic carbocycles. The van der Waals surface area contributed by atoms with Gasteiger partial charge in [-0.15, -0.1) is 0 Å². The molecule has 1 saturated heterocycles. The van der Waals surface area contributed by atoms with Gasteiger partial charge in [0.1, 0.15) is 0 Å². The molecule has 6 heteroatoms. The van der Waals surface area contributed by atoms with Crippen LogP contribution in [-0.2, 0) is 16.0 Å². The SMILES string of the molecule is C=C1COC(c2ncc3c(n2)N=CC3)C(=O)N1. The summed E-state index contributed by atoms with van der Waals surface area (Å²) in [5.41, 5.74) is 1.51. The fourth-order valence-corrected chi connectivity index (χ4v) is 1.75. The van der Waals surface area contributed by atoms with Crippen LogP contribution in [0.2, 0.25) is 0 Å². The molecule has 0 spiro atoms. The number of carbonyl (C=O) groups excluding carboxylic acids is 1. The molecule has 0 saturated carbocycles. The lowest BCUT2D eigenvalue weighted by Gasteiger charge is -2.22. The average molecular weight is 230 g/mol. The summed E-state index contributed by atoms with van der Waals surface area (Å²) >= 11 is 0. The summed E-state index contributed by atoms with van der Waals surface area (Å²) < 4.78 is 5.36. The molecule has 1 fully saturated rings. The number of carbonyl (C=O) groups is 1. The normalized spacial score (nSPS) is 22.5. The lowest BCUT2D eigenvalue weighted by Crippen LogP contribution is -2.38. The van der Waals surface area contributed by atoms with Crippen LogP contribution in [0.4, 0.5) is 5.82 Å². The third-order valence-corrected chi connectivity index (χ3v) is 2.58. The zero-order valence-electron chi connectivity index (χ0n) is 9.01. The van der Waals surface area contributed by atoms with Gasteiger partial charge < -0.3 is 10.1 Å². The summed E-state index contributed by atoms with van der Waals surface area (Å²) in [6.45, 7) is 3.91. The number of aliphatic imine (C=N–C) groups is 1. The number of amides is 1. The molecule has 1 aromatic rings. The first-order chi connectivity index (χ1) is 8.24. The molecule has 3 rings (SSSR count). The van der Waals surface area contributed by atoms with Crippen LogP contribution in [0.5, 0.6) is 0 Å². The van der Waals surface area contributed by atoms with E-state index in [4.69, 9.17) is 4.74 Å². The van der Waals surface area contributed by atoms with Crippen molar-refractivity contribution in [2.75, 3.05) is 6.61 Å². The molecular formula is C11H10N4O2. The molecule has 3 heterocycles. The predicted octanol–water partition coefficient (Wildman–Crippen LogP) is 0.436. The van der Waals surface area contributed by atoms with Crippen molar-refractivity contribution < 1.29 is 9.53 Å². The third-order valence-electron chi connectivity index (χ3n) is 2.58. The highest BCUT2D eigenvalue weighted by atomic mass is 16.5. The number of rotatable bonds is 1. The molecule has 6 nitrogen and oxygen atoms in total. The smallest absolute Gasteiger partial charge is 0.261 e. The Morgan fingerprint density at radius 2 is 2.41 bits per heavy atom. The van der Waals surface area contributed by atoms with Gasteiger partial charge in [0.05, 0.1) is 6.61 Å². The number of nitrogens with zero attached hydrogens (tertiary/aromatic N) is 3. The lowest BCUT2D eigenvalue weighted by atomic mass is 10.2. The molecule has 86 valence electrons. The Balaban J connectivity index is 1.91. The van der Waals surface area contributed by atoms with Crippen LogP contribution in [0.3, 0.4) is 0 Å². The zero-order chi connectivity index (χ0) is 11.8. The molecule has 2 aliphatic heterocycles. The molecule has 1 aromatic heterocycles. The summed E-state index contributed by atoms with van der Waals surface area (Å²) in [4.78, 5) is 24.2. The van der Waals surface area contributed by atoms with Gasteiger partial charge in [-0.05, 0) is 0 Å².